The van der Waals surface area contributed by atoms with Crippen LogP contribution in [0.3, 0.4) is 0 Å². The Hall–Kier alpha value is -2.64. The fourth-order valence-corrected chi connectivity index (χ4v) is 2.97. The lowest BCUT2D eigenvalue weighted by molar-refractivity contribution is -0.890. The summed E-state index contributed by atoms with van der Waals surface area (Å²) in [6.45, 7) is 0.339. The van der Waals surface area contributed by atoms with Gasteiger partial charge in [0.05, 0.1) is 25.6 Å². The van der Waals surface area contributed by atoms with Gasteiger partial charge in [-0.1, -0.05) is 23.7 Å². The van der Waals surface area contributed by atoms with Crippen LogP contribution in [0, 0.1) is 10.1 Å². The number of benzene rings is 2. The summed E-state index contributed by atoms with van der Waals surface area (Å²) in [5, 5.41) is 14.2. The minimum Gasteiger partial charge on any atom is -0.378 e. The molecule has 0 radical (unpaired) electrons. The molecule has 0 unspecified atom stereocenters. The third-order valence-corrected chi connectivity index (χ3v) is 4.61. The Balaban J connectivity index is 2.18. The number of carbonyl (C=O) groups excluding carboxylic acids is 1. The number of halogens is 1. The topological polar surface area (TPSA) is 79.9 Å². The van der Waals surface area contributed by atoms with Crippen LogP contribution in [0.4, 0.5) is 11.4 Å². The minimum atomic E-state index is -0.583. The van der Waals surface area contributed by atoms with Crippen LogP contribution in [0.2, 0.25) is 5.02 Å². The number of rotatable bonds is 7. The lowest BCUT2D eigenvalue weighted by Crippen LogP contribution is -3.07. The lowest BCUT2D eigenvalue weighted by Gasteiger charge is -2.23. The van der Waals surface area contributed by atoms with E-state index in [-0.39, 0.29) is 22.3 Å². The molecule has 0 aliphatic rings. The summed E-state index contributed by atoms with van der Waals surface area (Å²) in [7, 11) is 7.95. The summed E-state index contributed by atoms with van der Waals surface area (Å²) in [5.41, 5.74) is 1.86. The highest BCUT2D eigenvalue weighted by atomic mass is 35.5. The number of nitro benzene ring substituents is 1. The molecule has 2 aromatic carbocycles. The molecule has 7 nitrogen and oxygen atoms in total. The van der Waals surface area contributed by atoms with Gasteiger partial charge in [0, 0.05) is 36.4 Å². The summed E-state index contributed by atoms with van der Waals surface area (Å²) in [5.74, 6) is -0.514. The van der Waals surface area contributed by atoms with Gasteiger partial charge in [-0.25, -0.2) is 0 Å². The quantitative estimate of drug-likeness (QED) is 0.558. The van der Waals surface area contributed by atoms with Crippen LogP contribution in [0.1, 0.15) is 22.0 Å². The van der Waals surface area contributed by atoms with Crippen molar-refractivity contribution in [1.82, 2.24) is 5.32 Å². The molecule has 0 spiro atoms. The normalized spacial score (nSPS) is 11.9. The fraction of sp³-hybridized carbons (Fsp3) is 0.316. The second kappa shape index (κ2) is 8.83. The van der Waals surface area contributed by atoms with Gasteiger partial charge in [-0.2, -0.15) is 0 Å². The molecule has 2 rings (SSSR count). The second-order valence-corrected chi connectivity index (χ2v) is 7.18. The maximum Gasteiger partial charge on any atom is 0.282 e. The number of amides is 1. The van der Waals surface area contributed by atoms with Crippen molar-refractivity contribution in [2.24, 2.45) is 0 Å². The summed E-state index contributed by atoms with van der Waals surface area (Å²) < 4.78 is 0. The van der Waals surface area contributed by atoms with E-state index in [4.69, 9.17) is 11.6 Å². The van der Waals surface area contributed by atoms with Crippen LogP contribution in [0.15, 0.2) is 42.5 Å². The van der Waals surface area contributed by atoms with Gasteiger partial charge in [0.2, 0.25) is 0 Å². The van der Waals surface area contributed by atoms with Gasteiger partial charge in [0.25, 0.3) is 11.6 Å². The van der Waals surface area contributed by atoms with E-state index in [1.165, 1.54) is 18.2 Å². The van der Waals surface area contributed by atoms with Crippen LogP contribution < -0.4 is 15.1 Å². The van der Waals surface area contributed by atoms with Gasteiger partial charge < -0.3 is 15.1 Å². The Morgan fingerprint density at radius 1 is 1.22 bits per heavy atom. The van der Waals surface area contributed by atoms with Crippen LogP contribution in [-0.2, 0) is 0 Å². The highest BCUT2D eigenvalue weighted by molar-refractivity contribution is 6.31. The van der Waals surface area contributed by atoms with E-state index in [0.717, 1.165) is 16.2 Å². The molecule has 0 aromatic heterocycles. The van der Waals surface area contributed by atoms with E-state index in [1.54, 1.807) is 0 Å². The van der Waals surface area contributed by atoms with Gasteiger partial charge in [-0.15, -0.1) is 0 Å². The maximum atomic E-state index is 12.5. The Morgan fingerprint density at radius 2 is 1.85 bits per heavy atom. The van der Waals surface area contributed by atoms with Gasteiger partial charge in [-0.05, 0) is 24.3 Å². The highest BCUT2D eigenvalue weighted by Crippen LogP contribution is 2.23. The summed E-state index contributed by atoms with van der Waals surface area (Å²) in [6, 6.07) is 12.1. The Labute approximate surface area is 163 Å². The molecule has 0 bridgehead atoms. The molecule has 2 aromatic rings. The minimum absolute atomic E-state index is 0.00315. The summed E-state index contributed by atoms with van der Waals surface area (Å²) in [6.07, 6.45) is 0. The van der Waals surface area contributed by atoms with Crippen LogP contribution in [0.5, 0.6) is 0 Å². The molecule has 0 aliphatic heterocycles. The molecule has 144 valence electrons. The van der Waals surface area contributed by atoms with Crippen LogP contribution in [0.25, 0.3) is 0 Å². The summed E-state index contributed by atoms with van der Waals surface area (Å²) in [4.78, 5) is 26.3. The van der Waals surface area contributed by atoms with Gasteiger partial charge in [-0.3, -0.25) is 14.9 Å². The maximum absolute atomic E-state index is 12.5. The third-order valence-electron chi connectivity index (χ3n) is 4.38. The number of likely N-dealkylation sites (N-methyl/N-ethyl adjacent to an activating group) is 1. The van der Waals surface area contributed by atoms with E-state index in [1.807, 2.05) is 57.4 Å². The summed E-state index contributed by atoms with van der Waals surface area (Å²) >= 11 is 5.90. The first-order chi connectivity index (χ1) is 12.7. The molecule has 0 saturated heterocycles. The molecule has 0 fully saturated rings. The number of carbonyl (C=O) groups is 1. The fourth-order valence-electron chi connectivity index (χ4n) is 2.80. The molecule has 0 saturated carbocycles. The zero-order valence-corrected chi connectivity index (χ0v) is 16.6. The van der Waals surface area contributed by atoms with Crippen molar-refractivity contribution in [2.45, 2.75) is 6.04 Å². The zero-order valence-electron chi connectivity index (χ0n) is 15.8. The van der Waals surface area contributed by atoms with Gasteiger partial charge >= 0.3 is 0 Å². The van der Waals surface area contributed by atoms with Crippen molar-refractivity contribution in [2.75, 3.05) is 39.6 Å². The number of hydrogen-bond acceptors (Lipinski definition) is 4. The van der Waals surface area contributed by atoms with Crippen molar-refractivity contribution >= 4 is 28.9 Å². The number of nitrogens with zero attached hydrogens (tertiary/aromatic N) is 2. The first-order valence-electron chi connectivity index (χ1n) is 8.50. The van der Waals surface area contributed by atoms with Crippen molar-refractivity contribution in [3.8, 4) is 0 Å². The molecule has 8 heteroatoms. The first kappa shape index (κ1) is 20.7. The van der Waals surface area contributed by atoms with Gasteiger partial charge in [0.15, 0.2) is 0 Å². The predicted octanol–water partition coefficient (Wildman–Crippen LogP) is 1.93. The average molecular weight is 392 g/mol. The lowest BCUT2D eigenvalue weighted by atomic mass is 10.0. The predicted molar refractivity (Wildman–Crippen MR) is 107 cm³/mol. The van der Waals surface area contributed by atoms with Gasteiger partial charge in [0.1, 0.15) is 11.6 Å². The number of anilines is 1. The third kappa shape index (κ3) is 5.18. The smallest absolute Gasteiger partial charge is 0.282 e. The van der Waals surface area contributed by atoms with E-state index in [0.29, 0.717) is 6.54 Å². The molecule has 0 aliphatic carbocycles. The molecular formula is C19H24ClN4O3+. The standard InChI is InChI=1S/C19H23ClN4O3/c1-22(2)15-8-5-13(6-9-15)18(23(3)4)12-21-19(25)16-11-14(20)7-10-17(16)24(26)27/h5-11,18H,12H2,1-4H3,(H,21,25)/p+1/t18-/m1/s1. The van der Waals surface area contributed by atoms with Crippen LogP contribution >= 0.6 is 11.6 Å². The molecule has 1 amide bonds. The van der Waals surface area contributed by atoms with Crippen molar-refractivity contribution in [3.05, 3.63) is 68.7 Å². The first-order valence-corrected chi connectivity index (χ1v) is 8.88. The number of nitro groups is 1. The van der Waals surface area contributed by atoms with Crippen molar-refractivity contribution in [3.63, 3.8) is 0 Å². The van der Waals surface area contributed by atoms with E-state index in [2.05, 4.69) is 5.32 Å². The number of hydrogen-bond donors (Lipinski definition) is 2. The molecule has 0 heterocycles. The van der Waals surface area contributed by atoms with Crippen LogP contribution in [-0.4, -0.2) is 45.6 Å². The number of nitrogens with one attached hydrogen (secondary N) is 2. The molecular weight excluding hydrogens is 368 g/mol. The van der Waals surface area contributed by atoms with E-state index >= 15 is 0 Å². The Morgan fingerprint density at radius 3 is 2.37 bits per heavy atom. The van der Waals surface area contributed by atoms with Crippen molar-refractivity contribution < 1.29 is 14.6 Å². The molecule has 2 N–H and O–H groups in total. The van der Waals surface area contributed by atoms with E-state index in [9.17, 15) is 14.9 Å². The molecule has 27 heavy (non-hydrogen) atoms. The van der Waals surface area contributed by atoms with Crippen molar-refractivity contribution in [1.29, 1.82) is 0 Å². The monoisotopic (exact) mass is 391 g/mol. The SMILES string of the molecule is CN(C)c1ccc([C@@H](CNC(=O)c2cc(Cl)ccc2[N+](=O)[O-])[NH+](C)C)cc1. The second-order valence-electron chi connectivity index (χ2n) is 6.74. The largest absolute Gasteiger partial charge is 0.378 e. The zero-order chi connectivity index (χ0) is 20.1. The Bertz CT molecular complexity index is 822. The Kier molecular flexibility index (Phi) is 6.76. The van der Waals surface area contributed by atoms with E-state index < -0.39 is 10.8 Å². The number of quaternary nitrogens is 1. The molecule has 1 atom stereocenters. The average Bonchev–Trinajstić information content (AvgIpc) is 2.61. The highest BCUT2D eigenvalue weighted by Gasteiger charge is 2.23.